The third-order valence-corrected chi connectivity index (χ3v) is 2.55. The summed E-state index contributed by atoms with van der Waals surface area (Å²) in [6, 6.07) is 0. The van der Waals surface area contributed by atoms with Gasteiger partial charge in [-0.1, -0.05) is 13.5 Å². The summed E-state index contributed by atoms with van der Waals surface area (Å²) in [5.41, 5.74) is 2.21. The van der Waals surface area contributed by atoms with Crippen LogP contribution in [0.1, 0.15) is 26.2 Å². The summed E-state index contributed by atoms with van der Waals surface area (Å²) in [4.78, 5) is 4.02. The quantitative estimate of drug-likeness (QED) is 0.482. The molecule has 1 aliphatic rings. The summed E-state index contributed by atoms with van der Waals surface area (Å²) in [6.07, 6.45) is 3.21. The predicted octanol–water partition coefficient (Wildman–Crippen LogP) is 2.92. The highest BCUT2D eigenvalue weighted by molar-refractivity contribution is 5.37. The first-order valence-electron chi connectivity index (χ1n) is 4.61. The van der Waals surface area contributed by atoms with Gasteiger partial charge in [-0.05, 0) is 31.9 Å². The van der Waals surface area contributed by atoms with Crippen LogP contribution < -0.4 is 0 Å². The van der Waals surface area contributed by atoms with Gasteiger partial charge in [0.2, 0.25) is 0 Å². The van der Waals surface area contributed by atoms with E-state index in [0.717, 1.165) is 29.9 Å². The monoisotopic (exact) mass is 179 g/mol. The second kappa shape index (κ2) is 4.26. The molecule has 0 aromatic heterocycles. The van der Waals surface area contributed by atoms with Crippen LogP contribution >= 0.6 is 0 Å². The fraction of sp³-hybridized carbons (Fsp3) is 0.545. The minimum atomic E-state index is 0.701. The second-order valence-electron chi connectivity index (χ2n) is 3.56. The van der Waals surface area contributed by atoms with Gasteiger partial charge in [0.15, 0.2) is 0 Å². The summed E-state index contributed by atoms with van der Waals surface area (Å²) in [5, 5.41) is 0. The van der Waals surface area contributed by atoms with E-state index in [2.05, 4.69) is 25.2 Å². The Kier molecular flexibility index (Phi) is 3.29. The average molecular weight is 179 g/mol. The molecule has 0 saturated heterocycles. The lowest BCUT2D eigenvalue weighted by Crippen LogP contribution is -2.08. The molecule has 0 N–H and O–H groups in total. The van der Waals surface area contributed by atoms with Gasteiger partial charge in [-0.2, -0.15) is 0 Å². The van der Waals surface area contributed by atoms with Crippen LogP contribution in [0, 0.1) is 5.92 Å². The SMILES string of the molecule is C=NC1=C(C(=C)OC)CC(C)CC1. The van der Waals surface area contributed by atoms with E-state index in [1.807, 2.05) is 0 Å². The lowest BCUT2D eigenvalue weighted by molar-refractivity contribution is 0.292. The van der Waals surface area contributed by atoms with E-state index < -0.39 is 0 Å². The van der Waals surface area contributed by atoms with Crippen molar-refractivity contribution in [1.29, 1.82) is 0 Å². The zero-order valence-electron chi connectivity index (χ0n) is 8.47. The topological polar surface area (TPSA) is 21.6 Å². The Morgan fingerprint density at radius 2 is 2.31 bits per heavy atom. The van der Waals surface area contributed by atoms with E-state index >= 15 is 0 Å². The van der Waals surface area contributed by atoms with E-state index in [0.29, 0.717) is 5.92 Å². The van der Waals surface area contributed by atoms with Gasteiger partial charge in [-0.3, -0.25) is 4.99 Å². The van der Waals surface area contributed by atoms with Gasteiger partial charge in [0.25, 0.3) is 0 Å². The molecule has 0 radical (unpaired) electrons. The lowest BCUT2D eigenvalue weighted by Gasteiger charge is -2.23. The number of rotatable bonds is 3. The minimum Gasteiger partial charge on any atom is -0.497 e. The van der Waals surface area contributed by atoms with Crippen molar-refractivity contribution in [2.45, 2.75) is 26.2 Å². The Morgan fingerprint density at radius 1 is 1.62 bits per heavy atom. The van der Waals surface area contributed by atoms with Crippen molar-refractivity contribution >= 4 is 6.72 Å². The molecule has 1 unspecified atom stereocenters. The van der Waals surface area contributed by atoms with Crippen molar-refractivity contribution in [2.24, 2.45) is 10.9 Å². The molecule has 0 aromatic carbocycles. The third-order valence-electron chi connectivity index (χ3n) is 2.55. The number of hydrogen-bond acceptors (Lipinski definition) is 2. The Labute approximate surface area is 80.0 Å². The third kappa shape index (κ3) is 2.20. The molecule has 1 rings (SSSR count). The highest BCUT2D eigenvalue weighted by Crippen LogP contribution is 2.33. The first-order valence-corrected chi connectivity index (χ1v) is 4.61. The molecule has 72 valence electrons. The first kappa shape index (κ1) is 10.0. The second-order valence-corrected chi connectivity index (χ2v) is 3.56. The first-order chi connectivity index (χ1) is 6.19. The molecule has 1 atom stereocenters. The molecule has 0 aromatic rings. The van der Waals surface area contributed by atoms with Gasteiger partial charge in [0.1, 0.15) is 5.76 Å². The molecule has 13 heavy (non-hydrogen) atoms. The van der Waals surface area contributed by atoms with Crippen LogP contribution in [0.2, 0.25) is 0 Å². The van der Waals surface area contributed by atoms with Gasteiger partial charge in [-0.15, -0.1) is 0 Å². The summed E-state index contributed by atoms with van der Waals surface area (Å²) in [5.74, 6) is 1.45. The van der Waals surface area contributed by atoms with Gasteiger partial charge in [0, 0.05) is 11.3 Å². The Hall–Kier alpha value is -1.05. The van der Waals surface area contributed by atoms with E-state index in [4.69, 9.17) is 4.74 Å². The molecule has 0 spiro atoms. The normalized spacial score (nSPS) is 22.8. The van der Waals surface area contributed by atoms with E-state index in [1.165, 1.54) is 6.42 Å². The standard InChI is InChI=1S/C11H17NO/c1-8-5-6-11(12-3)10(7-8)9(2)13-4/h8H,2-3,5-7H2,1,4H3. The van der Waals surface area contributed by atoms with Crippen LogP contribution in [0.25, 0.3) is 0 Å². The molecule has 0 bridgehead atoms. The van der Waals surface area contributed by atoms with Crippen molar-refractivity contribution in [3.8, 4) is 0 Å². The van der Waals surface area contributed by atoms with Crippen LogP contribution in [0.3, 0.4) is 0 Å². The van der Waals surface area contributed by atoms with Crippen molar-refractivity contribution in [1.82, 2.24) is 0 Å². The number of methoxy groups -OCH3 is 1. The summed E-state index contributed by atoms with van der Waals surface area (Å²) in [7, 11) is 1.65. The van der Waals surface area contributed by atoms with Crippen LogP contribution in [0.5, 0.6) is 0 Å². The van der Waals surface area contributed by atoms with Crippen LogP contribution in [0.15, 0.2) is 28.6 Å². The van der Waals surface area contributed by atoms with Crippen molar-refractivity contribution < 1.29 is 4.74 Å². The van der Waals surface area contributed by atoms with E-state index in [9.17, 15) is 0 Å². The molecule has 0 fully saturated rings. The van der Waals surface area contributed by atoms with Gasteiger partial charge >= 0.3 is 0 Å². The largest absolute Gasteiger partial charge is 0.497 e. The van der Waals surface area contributed by atoms with Crippen molar-refractivity contribution in [2.75, 3.05) is 7.11 Å². The molecule has 2 heteroatoms. The number of hydrogen-bond donors (Lipinski definition) is 0. The highest BCUT2D eigenvalue weighted by atomic mass is 16.5. The average Bonchev–Trinajstić information content (AvgIpc) is 2.16. The number of allylic oxidation sites excluding steroid dienone is 2. The molecule has 2 nitrogen and oxygen atoms in total. The van der Waals surface area contributed by atoms with E-state index in [1.54, 1.807) is 7.11 Å². The zero-order chi connectivity index (χ0) is 9.84. The van der Waals surface area contributed by atoms with Crippen LogP contribution in [-0.2, 0) is 4.74 Å². The van der Waals surface area contributed by atoms with Gasteiger partial charge in [-0.25, -0.2) is 0 Å². The van der Waals surface area contributed by atoms with Gasteiger partial charge in [0.05, 0.1) is 7.11 Å². The fourth-order valence-electron chi connectivity index (χ4n) is 1.67. The maximum absolute atomic E-state index is 5.13. The van der Waals surface area contributed by atoms with Crippen LogP contribution in [0.4, 0.5) is 0 Å². The fourth-order valence-corrected chi connectivity index (χ4v) is 1.67. The van der Waals surface area contributed by atoms with E-state index in [-0.39, 0.29) is 0 Å². The number of ether oxygens (including phenoxy) is 1. The lowest BCUT2D eigenvalue weighted by atomic mass is 9.87. The minimum absolute atomic E-state index is 0.701. The van der Waals surface area contributed by atoms with Crippen LogP contribution in [-0.4, -0.2) is 13.8 Å². The predicted molar refractivity (Wildman–Crippen MR) is 55.7 cm³/mol. The summed E-state index contributed by atoms with van der Waals surface area (Å²) >= 11 is 0. The Balaban J connectivity index is 2.90. The van der Waals surface area contributed by atoms with Crippen molar-refractivity contribution in [3.63, 3.8) is 0 Å². The Bertz CT molecular complexity index is 253. The Morgan fingerprint density at radius 3 is 2.85 bits per heavy atom. The molecule has 0 heterocycles. The molecular formula is C11H17NO. The maximum atomic E-state index is 5.13. The molecule has 0 aliphatic heterocycles. The summed E-state index contributed by atoms with van der Waals surface area (Å²) < 4.78 is 5.13. The number of nitrogens with zero attached hydrogens (tertiary/aromatic N) is 1. The maximum Gasteiger partial charge on any atom is 0.116 e. The molecular weight excluding hydrogens is 162 g/mol. The zero-order valence-corrected chi connectivity index (χ0v) is 8.47. The van der Waals surface area contributed by atoms with Crippen molar-refractivity contribution in [3.05, 3.63) is 23.6 Å². The summed E-state index contributed by atoms with van der Waals surface area (Å²) in [6.45, 7) is 9.67. The molecule has 0 amide bonds. The smallest absolute Gasteiger partial charge is 0.116 e. The number of aliphatic imine (C=N–C) groups is 1. The van der Waals surface area contributed by atoms with Gasteiger partial charge < -0.3 is 4.74 Å². The molecule has 1 aliphatic carbocycles. The molecule has 0 saturated carbocycles. The highest BCUT2D eigenvalue weighted by Gasteiger charge is 2.19.